The molecule has 0 aromatic carbocycles. The lowest BCUT2D eigenvalue weighted by Gasteiger charge is -2.30. The zero-order valence-corrected chi connectivity index (χ0v) is 13.9. The van der Waals surface area contributed by atoms with Crippen molar-refractivity contribution in [2.75, 3.05) is 38.5 Å². The summed E-state index contributed by atoms with van der Waals surface area (Å²) in [6.07, 6.45) is 5.55. The van der Waals surface area contributed by atoms with Gasteiger partial charge in [-0.1, -0.05) is 20.8 Å². The Hall–Kier alpha value is 0.270. The highest BCUT2D eigenvalue weighted by Gasteiger charge is 2.25. The molecule has 3 heteroatoms. The Morgan fingerprint density at radius 1 is 1.37 bits per heavy atom. The topological polar surface area (TPSA) is 15.3 Å². The summed E-state index contributed by atoms with van der Waals surface area (Å²) in [6.45, 7) is 13.7. The Morgan fingerprint density at radius 3 is 2.95 bits per heavy atom. The first kappa shape index (κ1) is 15.7. The SMILES string of the molecule is CC(CCN1CCSC(C)(C)CC1)C1CCCNC1. The summed E-state index contributed by atoms with van der Waals surface area (Å²) >= 11 is 2.16. The van der Waals surface area contributed by atoms with Crippen molar-refractivity contribution in [3.63, 3.8) is 0 Å². The van der Waals surface area contributed by atoms with E-state index in [1.54, 1.807) is 0 Å². The van der Waals surface area contributed by atoms with Crippen molar-refractivity contribution in [2.24, 2.45) is 11.8 Å². The summed E-state index contributed by atoms with van der Waals surface area (Å²) in [5, 5.41) is 3.56. The molecule has 112 valence electrons. The molecule has 0 aromatic heterocycles. The number of hydrogen-bond donors (Lipinski definition) is 1. The van der Waals surface area contributed by atoms with Crippen molar-refractivity contribution in [1.29, 1.82) is 0 Å². The van der Waals surface area contributed by atoms with E-state index in [1.165, 1.54) is 64.2 Å². The van der Waals surface area contributed by atoms with Crippen LogP contribution in [0, 0.1) is 11.8 Å². The largest absolute Gasteiger partial charge is 0.316 e. The fourth-order valence-corrected chi connectivity index (χ4v) is 4.41. The maximum Gasteiger partial charge on any atom is 0.0116 e. The highest BCUT2D eigenvalue weighted by atomic mass is 32.2. The Balaban J connectivity index is 1.69. The minimum Gasteiger partial charge on any atom is -0.316 e. The zero-order valence-electron chi connectivity index (χ0n) is 13.1. The third-order valence-corrected chi connectivity index (χ3v) is 6.34. The van der Waals surface area contributed by atoms with Gasteiger partial charge in [-0.15, -0.1) is 0 Å². The van der Waals surface area contributed by atoms with Gasteiger partial charge in [0.05, 0.1) is 0 Å². The van der Waals surface area contributed by atoms with Crippen LogP contribution in [0.3, 0.4) is 0 Å². The maximum atomic E-state index is 3.56. The molecule has 2 aliphatic rings. The first-order chi connectivity index (χ1) is 9.07. The summed E-state index contributed by atoms with van der Waals surface area (Å²) in [5.41, 5.74) is 0. The second-order valence-electron chi connectivity index (χ2n) is 7.07. The van der Waals surface area contributed by atoms with Crippen LogP contribution >= 0.6 is 11.8 Å². The fraction of sp³-hybridized carbons (Fsp3) is 1.00. The molecule has 2 atom stereocenters. The standard InChI is InChI=1S/C16H32N2S/c1-14(15-5-4-8-17-13-15)6-9-18-10-7-16(2,3)19-12-11-18/h14-15,17H,4-13H2,1-3H3. The average molecular weight is 285 g/mol. The van der Waals surface area contributed by atoms with E-state index in [1.807, 2.05) is 0 Å². The molecule has 0 aromatic rings. The van der Waals surface area contributed by atoms with E-state index >= 15 is 0 Å². The van der Waals surface area contributed by atoms with Crippen molar-refractivity contribution >= 4 is 11.8 Å². The zero-order chi connectivity index (χ0) is 13.7. The van der Waals surface area contributed by atoms with E-state index in [0.29, 0.717) is 4.75 Å². The smallest absolute Gasteiger partial charge is 0.0116 e. The molecule has 2 fully saturated rings. The summed E-state index contributed by atoms with van der Waals surface area (Å²) in [5.74, 6) is 3.12. The van der Waals surface area contributed by atoms with Gasteiger partial charge in [-0.25, -0.2) is 0 Å². The quantitative estimate of drug-likeness (QED) is 0.853. The molecule has 0 aliphatic carbocycles. The molecule has 2 heterocycles. The number of hydrogen-bond acceptors (Lipinski definition) is 3. The molecule has 0 spiro atoms. The van der Waals surface area contributed by atoms with Crippen molar-refractivity contribution < 1.29 is 0 Å². The first-order valence-electron chi connectivity index (χ1n) is 8.14. The summed E-state index contributed by atoms with van der Waals surface area (Å²) in [6, 6.07) is 0. The Labute approximate surface area is 124 Å². The summed E-state index contributed by atoms with van der Waals surface area (Å²) < 4.78 is 0.494. The van der Waals surface area contributed by atoms with E-state index in [0.717, 1.165) is 11.8 Å². The monoisotopic (exact) mass is 284 g/mol. The molecular formula is C16H32N2S. The number of nitrogens with one attached hydrogen (secondary N) is 1. The molecule has 19 heavy (non-hydrogen) atoms. The van der Waals surface area contributed by atoms with Crippen LogP contribution in [0.4, 0.5) is 0 Å². The third kappa shape index (κ3) is 5.28. The van der Waals surface area contributed by atoms with E-state index < -0.39 is 0 Å². The normalized spacial score (nSPS) is 30.8. The molecule has 0 amide bonds. The van der Waals surface area contributed by atoms with E-state index in [4.69, 9.17) is 0 Å². The summed E-state index contributed by atoms with van der Waals surface area (Å²) in [7, 11) is 0. The summed E-state index contributed by atoms with van der Waals surface area (Å²) in [4.78, 5) is 2.70. The molecule has 0 saturated carbocycles. The Bertz CT molecular complexity index is 261. The highest BCUT2D eigenvalue weighted by molar-refractivity contribution is 8.00. The molecule has 1 N–H and O–H groups in total. The lowest BCUT2D eigenvalue weighted by atomic mass is 9.85. The van der Waals surface area contributed by atoms with Crippen LogP contribution in [0.25, 0.3) is 0 Å². The number of rotatable bonds is 4. The Morgan fingerprint density at radius 2 is 2.21 bits per heavy atom. The van der Waals surface area contributed by atoms with Gasteiger partial charge in [-0.2, -0.15) is 11.8 Å². The molecule has 2 nitrogen and oxygen atoms in total. The molecule has 2 aliphatic heterocycles. The van der Waals surface area contributed by atoms with Crippen LogP contribution in [-0.4, -0.2) is 48.1 Å². The van der Waals surface area contributed by atoms with Gasteiger partial charge in [0, 0.05) is 17.0 Å². The van der Waals surface area contributed by atoms with Gasteiger partial charge < -0.3 is 10.2 Å². The minimum atomic E-state index is 0.494. The number of nitrogens with zero attached hydrogens (tertiary/aromatic N) is 1. The van der Waals surface area contributed by atoms with E-state index in [-0.39, 0.29) is 0 Å². The van der Waals surface area contributed by atoms with Crippen LogP contribution in [0.2, 0.25) is 0 Å². The van der Waals surface area contributed by atoms with Gasteiger partial charge in [0.15, 0.2) is 0 Å². The van der Waals surface area contributed by atoms with Crippen LogP contribution in [-0.2, 0) is 0 Å². The molecule has 2 unspecified atom stereocenters. The van der Waals surface area contributed by atoms with Crippen LogP contribution < -0.4 is 5.32 Å². The molecule has 2 saturated heterocycles. The lowest BCUT2D eigenvalue weighted by molar-refractivity contribution is 0.217. The van der Waals surface area contributed by atoms with Gasteiger partial charge in [-0.05, 0) is 63.7 Å². The predicted molar refractivity (Wildman–Crippen MR) is 87.0 cm³/mol. The van der Waals surface area contributed by atoms with Crippen molar-refractivity contribution in [3.05, 3.63) is 0 Å². The van der Waals surface area contributed by atoms with Gasteiger partial charge in [-0.3, -0.25) is 0 Å². The molecule has 0 bridgehead atoms. The maximum absolute atomic E-state index is 3.56. The third-order valence-electron chi connectivity index (χ3n) is 4.97. The van der Waals surface area contributed by atoms with Gasteiger partial charge in [0.1, 0.15) is 0 Å². The molecular weight excluding hydrogens is 252 g/mol. The van der Waals surface area contributed by atoms with E-state index in [2.05, 4.69) is 42.7 Å². The van der Waals surface area contributed by atoms with Gasteiger partial charge in [0.2, 0.25) is 0 Å². The lowest BCUT2D eigenvalue weighted by Crippen LogP contribution is -2.35. The van der Waals surface area contributed by atoms with Gasteiger partial charge >= 0.3 is 0 Å². The van der Waals surface area contributed by atoms with Crippen LogP contribution in [0.1, 0.15) is 46.5 Å². The van der Waals surface area contributed by atoms with Crippen LogP contribution in [0.15, 0.2) is 0 Å². The average Bonchev–Trinajstić information content (AvgIpc) is 2.58. The van der Waals surface area contributed by atoms with Crippen LogP contribution in [0.5, 0.6) is 0 Å². The van der Waals surface area contributed by atoms with Crippen molar-refractivity contribution in [3.8, 4) is 0 Å². The van der Waals surface area contributed by atoms with Crippen molar-refractivity contribution in [1.82, 2.24) is 10.2 Å². The minimum absolute atomic E-state index is 0.494. The van der Waals surface area contributed by atoms with E-state index in [9.17, 15) is 0 Å². The fourth-order valence-electron chi connectivity index (χ4n) is 3.27. The number of thioether (sulfide) groups is 1. The predicted octanol–water partition coefficient (Wildman–Crippen LogP) is 3.23. The molecule has 2 rings (SSSR count). The second kappa shape index (κ2) is 7.33. The van der Waals surface area contributed by atoms with Crippen molar-refractivity contribution in [2.45, 2.75) is 51.2 Å². The second-order valence-corrected chi connectivity index (χ2v) is 8.87. The highest BCUT2D eigenvalue weighted by Crippen LogP contribution is 2.31. The number of piperidine rings is 1. The molecule has 0 radical (unpaired) electrons. The Kier molecular flexibility index (Phi) is 6.04. The first-order valence-corrected chi connectivity index (χ1v) is 9.12. The van der Waals surface area contributed by atoms with Gasteiger partial charge in [0.25, 0.3) is 0 Å².